The Morgan fingerprint density at radius 3 is 2.79 bits per heavy atom. The number of halogens is 2. The Kier molecular flexibility index (Phi) is 5.60. The predicted molar refractivity (Wildman–Crippen MR) is 133 cm³/mol. The second kappa shape index (κ2) is 9.11. The number of nitrogens with zero attached hydrogens (tertiary/aromatic N) is 4. The van der Waals surface area contributed by atoms with E-state index in [1.165, 1.54) is 45.6 Å². The highest BCUT2D eigenvalue weighted by Crippen LogP contribution is 2.31. The van der Waals surface area contributed by atoms with Crippen LogP contribution in [0.25, 0.3) is 11.3 Å². The van der Waals surface area contributed by atoms with Crippen molar-refractivity contribution in [3.8, 4) is 23.1 Å². The third-order valence-electron chi connectivity index (χ3n) is 6.16. The molecule has 0 spiro atoms. The van der Waals surface area contributed by atoms with Gasteiger partial charge in [-0.25, -0.2) is 13.8 Å². The van der Waals surface area contributed by atoms with Crippen molar-refractivity contribution in [2.45, 2.75) is 13.3 Å². The van der Waals surface area contributed by atoms with E-state index in [-0.39, 0.29) is 28.6 Å². The van der Waals surface area contributed by atoms with E-state index in [1.807, 2.05) is 0 Å². The molecule has 0 unspecified atom stereocenters. The van der Waals surface area contributed by atoms with Crippen molar-refractivity contribution in [2.75, 3.05) is 11.9 Å². The summed E-state index contributed by atoms with van der Waals surface area (Å²) < 4.78 is 42.6. The van der Waals surface area contributed by atoms with Crippen LogP contribution in [0.5, 0.6) is 17.4 Å². The summed E-state index contributed by atoms with van der Waals surface area (Å²) in [5.74, 6) is -1.59. The Balaban J connectivity index is 1.31. The highest BCUT2D eigenvalue weighted by atomic mass is 19.1. The number of fused-ring (bicyclic) bond motifs is 2. The molecular weight excluding hydrogens is 496 g/mol. The summed E-state index contributed by atoms with van der Waals surface area (Å²) in [6.07, 6.45) is 5.15. The molecule has 38 heavy (non-hydrogen) atoms. The number of benzene rings is 2. The molecule has 0 radical (unpaired) electrons. The Morgan fingerprint density at radius 1 is 1.11 bits per heavy atom. The number of aromatic nitrogens is 4. The quantitative estimate of drug-likeness (QED) is 0.371. The number of anilines is 1. The maximum Gasteiger partial charge on any atom is 0.271 e. The number of carbonyl (C=O) groups is 1. The highest BCUT2D eigenvalue weighted by molar-refractivity contribution is 6.06. The topological polar surface area (TPSA) is 99.8 Å². The molecule has 0 saturated heterocycles. The third-order valence-corrected chi connectivity index (χ3v) is 6.16. The van der Waals surface area contributed by atoms with Gasteiger partial charge < -0.3 is 14.8 Å². The molecule has 3 aromatic heterocycles. The number of aryl methyl sites for hydroxylation is 1. The minimum absolute atomic E-state index is 0.0934. The van der Waals surface area contributed by atoms with Crippen molar-refractivity contribution in [3.05, 3.63) is 106 Å². The molecule has 1 aliphatic rings. The normalized spacial score (nSPS) is 12.3. The van der Waals surface area contributed by atoms with Crippen LogP contribution in [0.4, 0.5) is 14.5 Å². The number of amides is 1. The molecule has 0 saturated carbocycles. The van der Waals surface area contributed by atoms with Gasteiger partial charge in [0.15, 0.2) is 17.2 Å². The molecule has 4 heterocycles. The molecule has 0 aliphatic carbocycles. The first-order valence-electron chi connectivity index (χ1n) is 11.6. The summed E-state index contributed by atoms with van der Waals surface area (Å²) in [4.78, 5) is 30.8. The average molecular weight is 515 g/mol. The Hall–Kier alpha value is -5.06. The van der Waals surface area contributed by atoms with Crippen molar-refractivity contribution in [1.82, 2.24) is 19.2 Å². The number of carbonyl (C=O) groups excluding carboxylic acids is 1. The Morgan fingerprint density at radius 2 is 1.97 bits per heavy atom. The van der Waals surface area contributed by atoms with Gasteiger partial charge in [-0.05, 0) is 42.8 Å². The predicted octanol–water partition coefficient (Wildman–Crippen LogP) is 4.45. The van der Waals surface area contributed by atoms with Gasteiger partial charge in [0.25, 0.3) is 11.5 Å². The van der Waals surface area contributed by atoms with Gasteiger partial charge >= 0.3 is 0 Å². The SMILES string of the molecule is Cc1cc(F)ccc1-n1cc2c(c(C(=O)Nc3ccc(Oc4ccnc5ccnn45)c(F)c3)c1=O)OCC2. The van der Waals surface area contributed by atoms with E-state index in [9.17, 15) is 18.4 Å². The zero-order chi connectivity index (χ0) is 26.4. The van der Waals surface area contributed by atoms with Crippen LogP contribution in [-0.2, 0) is 6.42 Å². The van der Waals surface area contributed by atoms with Crippen LogP contribution in [0.3, 0.4) is 0 Å². The van der Waals surface area contributed by atoms with Crippen LogP contribution < -0.4 is 20.3 Å². The van der Waals surface area contributed by atoms with Crippen LogP contribution in [0, 0.1) is 18.6 Å². The van der Waals surface area contributed by atoms with E-state index in [1.54, 1.807) is 31.5 Å². The van der Waals surface area contributed by atoms with Crippen LogP contribution in [0.15, 0.2) is 71.9 Å². The number of nitrogens with one attached hydrogen (secondary N) is 1. The molecule has 1 N–H and O–H groups in total. The third kappa shape index (κ3) is 4.03. The summed E-state index contributed by atoms with van der Waals surface area (Å²) in [7, 11) is 0. The average Bonchev–Trinajstić information content (AvgIpc) is 3.55. The first-order chi connectivity index (χ1) is 18.4. The van der Waals surface area contributed by atoms with E-state index in [4.69, 9.17) is 9.47 Å². The van der Waals surface area contributed by atoms with Crippen LogP contribution in [0.1, 0.15) is 21.5 Å². The summed E-state index contributed by atoms with van der Waals surface area (Å²) in [6.45, 7) is 1.98. The van der Waals surface area contributed by atoms with Crippen LogP contribution in [0.2, 0.25) is 0 Å². The largest absolute Gasteiger partial charge is 0.492 e. The fraction of sp³-hybridized carbons (Fsp3) is 0.111. The lowest BCUT2D eigenvalue weighted by molar-refractivity contribution is 0.102. The van der Waals surface area contributed by atoms with Gasteiger partial charge in [-0.1, -0.05) is 0 Å². The molecular formula is C27H19F2N5O4. The molecule has 0 atom stereocenters. The lowest BCUT2D eigenvalue weighted by atomic mass is 10.1. The van der Waals surface area contributed by atoms with Crippen molar-refractivity contribution >= 4 is 17.2 Å². The highest BCUT2D eigenvalue weighted by Gasteiger charge is 2.27. The molecule has 1 amide bonds. The summed E-state index contributed by atoms with van der Waals surface area (Å²) in [6, 6.07) is 11.1. The lowest BCUT2D eigenvalue weighted by Gasteiger charge is -2.15. The van der Waals surface area contributed by atoms with Crippen LogP contribution in [-0.4, -0.2) is 31.7 Å². The summed E-state index contributed by atoms with van der Waals surface area (Å²) in [5.41, 5.74) is 1.41. The summed E-state index contributed by atoms with van der Waals surface area (Å²) in [5, 5.41) is 6.67. The monoisotopic (exact) mass is 515 g/mol. The molecule has 190 valence electrons. The van der Waals surface area contributed by atoms with Crippen LogP contribution >= 0.6 is 0 Å². The first kappa shape index (κ1) is 23.3. The molecule has 0 fully saturated rings. The van der Waals surface area contributed by atoms with Gasteiger partial charge in [0.2, 0.25) is 5.88 Å². The van der Waals surface area contributed by atoms with Crippen molar-refractivity contribution in [3.63, 3.8) is 0 Å². The smallest absolute Gasteiger partial charge is 0.271 e. The standard InChI is InChI=1S/C27H19F2N5O4/c1-15-12-17(28)2-4-20(15)33-14-16-8-11-37-25(16)24(27(33)36)26(35)32-18-3-5-21(19(29)13-18)38-23-7-9-30-22-6-10-31-34(22)23/h2-7,9-10,12-14H,8,11H2,1H3,(H,32,35). The minimum atomic E-state index is -0.761. The fourth-order valence-corrected chi connectivity index (χ4v) is 4.38. The number of hydrogen-bond donors (Lipinski definition) is 1. The zero-order valence-corrected chi connectivity index (χ0v) is 19.9. The zero-order valence-electron chi connectivity index (χ0n) is 19.9. The van der Waals surface area contributed by atoms with E-state index in [0.717, 1.165) is 6.07 Å². The molecule has 6 rings (SSSR count). The fourth-order valence-electron chi connectivity index (χ4n) is 4.38. The Labute approximate surface area is 213 Å². The maximum absolute atomic E-state index is 14.9. The Bertz CT molecular complexity index is 1800. The molecule has 0 bridgehead atoms. The second-order valence-electron chi connectivity index (χ2n) is 8.65. The molecule has 9 nitrogen and oxygen atoms in total. The van der Waals surface area contributed by atoms with Crippen molar-refractivity contribution < 1.29 is 23.0 Å². The van der Waals surface area contributed by atoms with E-state index < -0.39 is 23.1 Å². The second-order valence-corrected chi connectivity index (χ2v) is 8.65. The van der Waals surface area contributed by atoms with E-state index in [0.29, 0.717) is 35.5 Å². The van der Waals surface area contributed by atoms with Gasteiger partial charge in [-0.15, -0.1) is 0 Å². The first-order valence-corrected chi connectivity index (χ1v) is 11.6. The molecule has 1 aliphatic heterocycles. The van der Waals surface area contributed by atoms with Crippen molar-refractivity contribution in [2.24, 2.45) is 0 Å². The number of pyridine rings is 1. The van der Waals surface area contributed by atoms with Gasteiger partial charge in [0.05, 0.1) is 18.5 Å². The molecule has 2 aromatic carbocycles. The van der Waals surface area contributed by atoms with Gasteiger partial charge in [0.1, 0.15) is 17.1 Å². The van der Waals surface area contributed by atoms with Gasteiger partial charge in [-0.3, -0.25) is 14.2 Å². The minimum Gasteiger partial charge on any atom is -0.492 e. The van der Waals surface area contributed by atoms with Gasteiger partial charge in [-0.2, -0.15) is 9.61 Å². The number of rotatable bonds is 5. The summed E-state index contributed by atoms with van der Waals surface area (Å²) >= 11 is 0. The molecule has 5 aromatic rings. The van der Waals surface area contributed by atoms with Crippen molar-refractivity contribution in [1.29, 1.82) is 0 Å². The molecule has 11 heteroatoms. The lowest BCUT2D eigenvalue weighted by Crippen LogP contribution is -2.29. The van der Waals surface area contributed by atoms with E-state index >= 15 is 0 Å². The van der Waals surface area contributed by atoms with E-state index in [2.05, 4.69) is 15.4 Å². The number of hydrogen-bond acceptors (Lipinski definition) is 6. The maximum atomic E-state index is 14.9. The number of ether oxygens (including phenoxy) is 2. The van der Waals surface area contributed by atoms with Gasteiger partial charge in [0, 0.05) is 48.3 Å².